The predicted molar refractivity (Wildman–Crippen MR) is 77.5 cm³/mol. The summed E-state index contributed by atoms with van der Waals surface area (Å²) in [5.41, 5.74) is 1.64. The summed E-state index contributed by atoms with van der Waals surface area (Å²) in [6.07, 6.45) is 0. The second-order valence-corrected chi connectivity index (χ2v) is 4.95. The Morgan fingerprint density at radius 3 is 2.37 bits per heavy atom. The van der Waals surface area contributed by atoms with Crippen molar-refractivity contribution in [2.75, 3.05) is 6.61 Å². The van der Waals surface area contributed by atoms with Crippen molar-refractivity contribution in [3.8, 4) is 5.75 Å². The molecule has 2 nitrogen and oxygen atoms in total. The summed E-state index contributed by atoms with van der Waals surface area (Å²) in [6.45, 7) is 1.84. The van der Waals surface area contributed by atoms with Gasteiger partial charge in [0.15, 0.2) is 18.1 Å². The van der Waals surface area contributed by atoms with E-state index in [1.807, 2.05) is 25.1 Å². The first kappa shape index (κ1) is 13.9. The van der Waals surface area contributed by atoms with Crippen LogP contribution in [0.2, 0.25) is 10.0 Å². The lowest BCUT2D eigenvalue weighted by Gasteiger charge is -2.09. The number of ketones is 1. The summed E-state index contributed by atoms with van der Waals surface area (Å²) in [4.78, 5) is 12.0. The van der Waals surface area contributed by atoms with Crippen LogP contribution >= 0.6 is 23.2 Å². The Labute approximate surface area is 121 Å². The third kappa shape index (κ3) is 3.49. The molecular weight excluding hydrogens is 283 g/mol. The fourth-order valence-corrected chi connectivity index (χ4v) is 2.17. The van der Waals surface area contributed by atoms with Crippen molar-refractivity contribution >= 4 is 29.0 Å². The zero-order valence-electron chi connectivity index (χ0n) is 10.3. The average molecular weight is 295 g/mol. The molecule has 0 bridgehead atoms. The molecule has 0 fully saturated rings. The number of halogens is 2. The fraction of sp³-hybridized carbons (Fsp3) is 0.133. The molecule has 0 unspecified atom stereocenters. The Morgan fingerprint density at radius 1 is 1.11 bits per heavy atom. The molecule has 4 heteroatoms. The van der Waals surface area contributed by atoms with Crippen molar-refractivity contribution in [3.63, 3.8) is 0 Å². The molecule has 0 radical (unpaired) electrons. The second-order valence-electron chi connectivity index (χ2n) is 4.13. The topological polar surface area (TPSA) is 26.3 Å². The molecule has 0 saturated carbocycles. The van der Waals surface area contributed by atoms with Crippen molar-refractivity contribution in [2.24, 2.45) is 0 Å². The van der Waals surface area contributed by atoms with Crippen LogP contribution < -0.4 is 4.74 Å². The van der Waals surface area contributed by atoms with E-state index in [2.05, 4.69) is 0 Å². The average Bonchev–Trinajstić information content (AvgIpc) is 2.38. The molecular formula is C15H12Cl2O2. The van der Waals surface area contributed by atoms with Crippen molar-refractivity contribution < 1.29 is 9.53 Å². The highest BCUT2D eigenvalue weighted by Crippen LogP contribution is 2.32. The molecule has 0 aliphatic heterocycles. The largest absolute Gasteiger partial charge is 0.482 e. The van der Waals surface area contributed by atoms with E-state index in [9.17, 15) is 4.79 Å². The van der Waals surface area contributed by atoms with E-state index < -0.39 is 0 Å². The molecule has 0 heterocycles. The van der Waals surface area contributed by atoms with E-state index in [1.165, 1.54) is 0 Å². The van der Waals surface area contributed by atoms with Crippen molar-refractivity contribution in [2.45, 2.75) is 6.92 Å². The quantitative estimate of drug-likeness (QED) is 0.773. The third-order valence-electron chi connectivity index (χ3n) is 2.61. The van der Waals surface area contributed by atoms with Crippen molar-refractivity contribution in [1.29, 1.82) is 0 Å². The van der Waals surface area contributed by atoms with Gasteiger partial charge in [0.05, 0.1) is 10.0 Å². The van der Waals surface area contributed by atoms with Crippen LogP contribution in [0.1, 0.15) is 15.9 Å². The fourth-order valence-electron chi connectivity index (χ4n) is 1.66. The number of hydrogen-bond acceptors (Lipinski definition) is 2. The summed E-state index contributed by atoms with van der Waals surface area (Å²) < 4.78 is 5.41. The number of rotatable bonds is 4. The maximum absolute atomic E-state index is 12.0. The zero-order valence-corrected chi connectivity index (χ0v) is 11.8. The predicted octanol–water partition coefficient (Wildman–Crippen LogP) is 4.56. The maximum Gasteiger partial charge on any atom is 0.200 e. The van der Waals surface area contributed by atoms with E-state index >= 15 is 0 Å². The van der Waals surface area contributed by atoms with E-state index in [4.69, 9.17) is 27.9 Å². The van der Waals surface area contributed by atoms with Crippen LogP contribution in [0, 0.1) is 6.92 Å². The van der Waals surface area contributed by atoms with E-state index in [0.29, 0.717) is 21.4 Å². The number of ether oxygens (including phenoxy) is 1. The molecule has 0 aliphatic carbocycles. The second kappa shape index (κ2) is 6.09. The number of carbonyl (C=O) groups is 1. The Bertz CT molecular complexity index is 589. The molecule has 0 amide bonds. The summed E-state index contributed by atoms with van der Waals surface area (Å²) in [7, 11) is 0. The Balaban J connectivity index is 2.09. The van der Waals surface area contributed by atoms with Crippen molar-refractivity contribution in [3.05, 3.63) is 63.6 Å². The maximum atomic E-state index is 12.0. The number of aryl methyl sites for hydroxylation is 1. The van der Waals surface area contributed by atoms with Gasteiger partial charge in [-0.2, -0.15) is 0 Å². The first-order valence-electron chi connectivity index (χ1n) is 5.74. The lowest BCUT2D eigenvalue weighted by molar-refractivity contribution is 0.0921. The van der Waals surface area contributed by atoms with Gasteiger partial charge in [-0.1, -0.05) is 53.0 Å². The van der Waals surface area contributed by atoms with Gasteiger partial charge in [0.1, 0.15) is 0 Å². The molecule has 2 rings (SSSR count). The van der Waals surface area contributed by atoms with Crippen LogP contribution in [0.25, 0.3) is 0 Å². The highest BCUT2D eigenvalue weighted by Gasteiger charge is 2.11. The molecule has 0 spiro atoms. The molecule has 0 saturated heterocycles. The molecule has 0 aromatic heterocycles. The third-order valence-corrected chi connectivity index (χ3v) is 3.20. The summed E-state index contributed by atoms with van der Waals surface area (Å²) in [5.74, 6) is 0.228. The normalized spacial score (nSPS) is 10.3. The molecule has 0 aliphatic rings. The highest BCUT2D eigenvalue weighted by atomic mass is 35.5. The molecule has 2 aromatic carbocycles. The van der Waals surface area contributed by atoms with Crippen LogP contribution in [0.3, 0.4) is 0 Å². The van der Waals surface area contributed by atoms with E-state index in [1.54, 1.807) is 24.3 Å². The molecule has 0 atom stereocenters. The smallest absolute Gasteiger partial charge is 0.200 e. The molecule has 98 valence electrons. The summed E-state index contributed by atoms with van der Waals surface area (Å²) in [5, 5.41) is 0.786. The lowest BCUT2D eigenvalue weighted by atomic mass is 10.1. The van der Waals surface area contributed by atoms with Gasteiger partial charge in [-0.05, 0) is 25.1 Å². The summed E-state index contributed by atoms with van der Waals surface area (Å²) in [6, 6.07) is 12.4. The minimum Gasteiger partial charge on any atom is -0.482 e. The number of carbonyl (C=O) groups excluding carboxylic acids is 1. The molecule has 2 aromatic rings. The van der Waals surface area contributed by atoms with Gasteiger partial charge in [-0.15, -0.1) is 0 Å². The Kier molecular flexibility index (Phi) is 4.46. The Morgan fingerprint density at radius 2 is 1.74 bits per heavy atom. The van der Waals surface area contributed by atoms with Gasteiger partial charge in [0.2, 0.25) is 0 Å². The minimum absolute atomic E-state index is 0.0904. The number of Topliss-reactive ketones (excluding diaryl/α,β-unsaturated/α-hetero) is 1. The SMILES string of the molecule is Cc1cccc(C(=O)COc2c(Cl)cccc2Cl)c1. The van der Waals surface area contributed by atoms with Crippen LogP contribution in [0.5, 0.6) is 5.75 Å². The van der Waals surface area contributed by atoms with Gasteiger partial charge in [0, 0.05) is 5.56 Å². The standard InChI is InChI=1S/C15H12Cl2O2/c1-10-4-2-5-11(8-10)14(18)9-19-15-12(16)6-3-7-13(15)17/h2-8H,9H2,1H3. The van der Waals surface area contributed by atoms with Gasteiger partial charge < -0.3 is 4.74 Å². The Hall–Kier alpha value is -1.51. The first-order chi connectivity index (χ1) is 9.08. The highest BCUT2D eigenvalue weighted by molar-refractivity contribution is 6.37. The van der Waals surface area contributed by atoms with Gasteiger partial charge in [0.25, 0.3) is 0 Å². The first-order valence-corrected chi connectivity index (χ1v) is 6.50. The van der Waals surface area contributed by atoms with Gasteiger partial charge >= 0.3 is 0 Å². The van der Waals surface area contributed by atoms with Crippen LogP contribution in [0.4, 0.5) is 0 Å². The molecule has 19 heavy (non-hydrogen) atoms. The van der Waals surface area contributed by atoms with Crippen LogP contribution in [-0.2, 0) is 0 Å². The summed E-state index contributed by atoms with van der Waals surface area (Å²) >= 11 is 11.9. The van der Waals surface area contributed by atoms with Crippen molar-refractivity contribution in [1.82, 2.24) is 0 Å². The van der Waals surface area contributed by atoms with E-state index in [-0.39, 0.29) is 12.4 Å². The minimum atomic E-state index is -0.111. The van der Waals surface area contributed by atoms with Crippen LogP contribution in [0.15, 0.2) is 42.5 Å². The van der Waals surface area contributed by atoms with Crippen LogP contribution in [-0.4, -0.2) is 12.4 Å². The lowest BCUT2D eigenvalue weighted by Crippen LogP contribution is -2.12. The zero-order chi connectivity index (χ0) is 13.8. The number of para-hydroxylation sites is 1. The monoisotopic (exact) mass is 294 g/mol. The molecule has 0 N–H and O–H groups in total. The van der Waals surface area contributed by atoms with Gasteiger partial charge in [-0.3, -0.25) is 4.79 Å². The van der Waals surface area contributed by atoms with Gasteiger partial charge in [-0.25, -0.2) is 0 Å². The van der Waals surface area contributed by atoms with E-state index in [0.717, 1.165) is 5.56 Å². The number of benzene rings is 2. The number of hydrogen-bond donors (Lipinski definition) is 0.